The van der Waals surface area contributed by atoms with Crippen molar-refractivity contribution in [1.82, 2.24) is 19.8 Å². The zero-order valence-corrected chi connectivity index (χ0v) is 26.9. The van der Waals surface area contributed by atoms with Crippen molar-refractivity contribution in [2.75, 3.05) is 71.2 Å². The standard InChI is InChI=1S/C34H53N5O4/c1-23(2)30-9-8-28(32(35-30)18-38-12-6-7-26(38)19-40)29-22-43-20-25(29)15-37(5)17-33-34(11-10-31(36-33)24(3)4)39-13-14-42-21-27(41)16-39/h8-11,23-27,29,40-41H,6-7,12-22H2,1-5H3/t25?,26-,27+,29-/m1/s1. The molecule has 2 aromatic rings. The highest BCUT2D eigenvalue weighted by molar-refractivity contribution is 5.52. The molecular weight excluding hydrogens is 542 g/mol. The lowest BCUT2D eigenvalue weighted by molar-refractivity contribution is 0.0597. The minimum absolute atomic E-state index is 0.205. The molecule has 1 unspecified atom stereocenters. The smallest absolute Gasteiger partial charge is 0.0948 e. The molecule has 3 saturated heterocycles. The summed E-state index contributed by atoms with van der Waals surface area (Å²) in [5.74, 6) is 1.31. The van der Waals surface area contributed by atoms with Crippen LogP contribution in [0.3, 0.4) is 0 Å². The van der Waals surface area contributed by atoms with E-state index < -0.39 is 6.10 Å². The van der Waals surface area contributed by atoms with Gasteiger partial charge in [0.05, 0.1) is 56.2 Å². The van der Waals surface area contributed by atoms with Crippen LogP contribution in [-0.4, -0.2) is 108 Å². The predicted molar refractivity (Wildman–Crippen MR) is 170 cm³/mol. The second-order valence-electron chi connectivity index (χ2n) is 13.5. The van der Waals surface area contributed by atoms with E-state index in [1.165, 1.54) is 5.56 Å². The van der Waals surface area contributed by atoms with E-state index in [4.69, 9.17) is 19.4 Å². The number of likely N-dealkylation sites (tertiary alicyclic amines) is 1. The summed E-state index contributed by atoms with van der Waals surface area (Å²) in [5.41, 5.74) is 6.78. The molecule has 43 heavy (non-hydrogen) atoms. The van der Waals surface area contributed by atoms with Crippen molar-refractivity contribution in [2.45, 2.75) is 83.5 Å². The molecule has 9 nitrogen and oxygen atoms in total. The number of pyridine rings is 2. The van der Waals surface area contributed by atoms with Gasteiger partial charge in [-0.3, -0.25) is 14.9 Å². The number of β-amino-alcohol motifs (C(OH)–C–C–N with tert-alkyl or cyclic N) is 1. The van der Waals surface area contributed by atoms with Gasteiger partial charge in [0.2, 0.25) is 0 Å². The van der Waals surface area contributed by atoms with E-state index in [2.05, 4.69) is 73.7 Å². The Morgan fingerprint density at radius 3 is 2.44 bits per heavy atom. The topological polar surface area (TPSA) is 94.4 Å². The Balaban J connectivity index is 1.35. The van der Waals surface area contributed by atoms with Crippen LogP contribution in [0.25, 0.3) is 0 Å². The molecule has 0 radical (unpaired) electrons. The first-order chi connectivity index (χ1) is 20.7. The summed E-state index contributed by atoms with van der Waals surface area (Å²) in [6.45, 7) is 16.1. The summed E-state index contributed by atoms with van der Waals surface area (Å²) in [6.07, 6.45) is 1.67. The van der Waals surface area contributed by atoms with Crippen LogP contribution in [0.5, 0.6) is 0 Å². The maximum absolute atomic E-state index is 10.4. The van der Waals surface area contributed by atoms with Gasteiger partial charge >= 0.3 is 0 Å². The highest BCUT2D eigenvalue weighted by Crippen LogP contribution is 2.35. The predicted octanol–water partition coefficient (Wildman–Crippen LogP) is 3.74. The van der Waals surface area contributed by atoms with Gasteiger partial charge in [-0.15, -0.1) is 0 Å². The first kappa shape index (κ1) is 32.3. The Labute approximate surface area is 258 Å². The van der Waals surface area contributed by atoms with Crippen LogP contribution >= 0.6 is 0 Å². The van der Waals surface area contributed by atoms with Crippen molar-refractivity contribution in [3.05, 3.63) is 52.6 Å². The fourth-order valence-corrected chi connectivity index (χ4v) is 6.91. The van der Waals surface area contributed by atoms with Crippen LogP contribution in [0.2, 0.25) is 0 Å². The van der Waals surface area contributed by atoms with E-state index >= 15 is 0 Å². The highest BCUT2D eigenvalue weighted by atomic mass is 16.5. The molecule has 0 aromatic carbocycles. The number of rotatable bonds is 11. The Morgan fingerprint density at radius 2 is 1.70 bits per heavy atom. The molecule has 2 aromatic heterocycles. The number of nitrogens with zero attached hydrogens (tertiary/aromatic N) is 5. The van der Waals surface area contributed by atoms with Crippen molar-refractivity contribution in [1.29, 1.82) is 0 Å². The molecule has 0 bridgehead atoms. The van der Waals surface area contributed by atoms with Crippen molar-refractivity contribution in [3.63, 3.8) is 0 Å². The van der Waals surface area contributed by atoms with Crippen LogP contribution in [0.4, 0.5) is 5.69 Å². The number of aromatic nitrogens is 2. The number of anilines is 1. The van der Waals surface area contributed by atoms with Crippen molar-refractivity contribution in [3.8, 4) is 0 Å². The lowest BCUT2D eigenvalue weighted by Gasteiger charge is -2.30. The first-order valence-corrected chi connectivity index (χ1v) is 16.3. The Hall–Kier alpha value is -2.14. The van der Waals surface area contributed by atoms with E-state index in [1.54, 1.807) is 0 Å². The molecule has 0 aliphatic carbocycles. The Kier molecular flexibility index (Phi) is 11.1. The van der Waals surface area contributed by atoms with Gasteiger partial charge in [0.25, 0.3) is 0 Å². The van der Waals surface area contributed by atoms with Gasteiger partial charge in [-0.2, -0.15) is 0 Å². The third-order valence-corrected chi connectivity index (χ3v) is 9.40. The second kappa shape index (κ2) is 14.8. The molecule has 9 heteroatoms. The van der Waals surface area contributed by atoms with E-state index in [1.807, 2.05) is 0 Å². The minimum atomic E-state index is -0.507. The Bertz CT molecular complexity index is 1190. The molecule has 5 rings (SSSR count). The molecular formula is C34H53N5O4. The van der Waals surface area contributed by atoms with Gasteiger partial charge in [-0.05, 0) is 62.0 Å². The van der Waals surface area contributed by atoms with E-state index in [9.17, 15) is 10.2 Å². The largest absolute Gasteiger partial charge is 0.395 e. The summed E-state index contributed by atoms with van der Waals surface area (Å²) in [5, 5.41) is 20.4. The molecule has 3 aliphatic rings. The van der Waals surface area contributed by atoms with E-state index in [0.717, 1.165) is 80.6 Å². The van der Waals surface area contributed by atoms with Gasteiger partial charge in [0.1, 0.15) is 0 Å². The summed E-state index contributed by atoms with van der Waals surface area (Å²) in [4.78, 5) is 17.3. The van der Waals surface area contributed by atoms with Crippen LogP contribution in [0.15, 0.2) is 24.3 Å². The van der Waals surface area contributed by atoms with Gasteiger partial charge < -0.3 is 29.5 Å². The molecule has 0 amide bonds. The second-order valence-corrected chi connectivity index (χ2v) is 13.5. The molecule has 0 saturated carbocycles. The third kappa shape index (κ3) is 7.93. The number of aliphatic hydroxyl groups is 2. The normalized spacial score (nSPS) is 25.4. The Morgan fingerprint density at radius 1 is 0.953 bits per heavy atom. The molecule has 4 atom stereocenters. The monoisotopic (exact) mass is 595 g/mol. The number of hydrogen-bond donors (Lipinski definition) is 2. The number of hydrogen-bond acceptors (Lipinski definition) is 9. The fourth-order valence-electron chi connectivity index (χ4n) is 6.91. The number of ether oxygens (including phenoxy) is 2. The van der Waals surface area contributed by atoms with Crippen LogP contribution < -0.4 is 4.90 Å². The lowest BCUT2D eigenvalue weighted by atomic mass is 9.86. The van der Waals surface area contributed by atoms with Crippen molar-refractivity contribution < 1.29 is 19.7 Å². The van der Waals surface area contributed by atoms with Gasteiger partial charge in [-0.25, -0.2) is 0 Å². The summed E-state index contributed by atoms with van der Waals surface area (Å²) < 4.78 is 11.8. The quantitative estimate of drug-likeness (QED) is 0.403. The van der Waals surface area contributed by atoms with Crippen molar-refractivity contribution in [2.24, 2.45) is 5.92 Å². The van der Waals surface area contributed by atoms with Crippen LogP contribution in [0.1, 0.15) is 86.6 Å². The molecule has 2 N–H and O–H groups in total. The zero-order chi connectivity index (χ0) is 30.5. The van der Waals surface area contributed by atoms with Gasteiger partial charge in [-0.1, -0.05) is 33.8 Å². The zero-order valence-electron chi connectivity index (χ0n) is 26.9. The van der Waals surface area contributed by atoms with Gasteiger partial charge in [0, 0.05) is 62.0 Å². The molecule has 238 valence electrons. The average Bonchev–Trinajstić information content (AvgIpc) is 3.57. The minimum Gasteiger partial charge on any atom is -0.395 e. The number of aliphatic hydroxyl groups excluding tert-OH is 2. The fraction of sp³-hybridized carbons (Fsp3) is 0.706. The van der Waals surface area contributed by atoms with Gasteiger partial charge in [0.15, 0.2) is 0 Å². The summed E-state index contributed by atoms with van der Waals surface area (Å²) >= 11 is 0. The third-order valence-electron chi connectivity index (χ3n) is 9.40. The maximum atomic E-state index is 10.4. The summed E-state index contributed by atoms with van der Waals surface area (Å²) in [6, 6.07) is 9.02. The molecule has 5 heterocycles. The van der Waals surface area contributed by atoms with E-state index in [-0.39, 0.29) is 18.6 Å². The van der Waals surface area contributed by atoms with Crippen LogP contribution in [-0.2, 0) is 22.6 Å². The molecule has 0 spiro atoms. The van der Waals surface area contributed by atoms with Crippen LogP contribution in [0, 0.1) is 5.92 Å². The van der Waals surface area contributed by atoms with E-state index in [0.29, 0.717) is 44.1 Å². The molecule has 3 aliphatic heterocycles. The molecule has 3 fully saturated rings. The van der Waals surface area contributed by atoms with Crippen molar-refractivity contribution >= 4 is 5.69 Å². The lowest BCUT2D eigenvalue weighted by Crippen LogP contribution is -2.35. The average molecular weight is 596 g/mol. The highest BCUT2D eigenvalue weighted by Gasteiger charge is 2.34. The SMILES string of the molecule is CC(C)c1ccc([C@@H]2COCC2CN(C)Cc2nc(C(C)C)ccc2N2CCOC[C@@H](O)C2)c(CN2CCC[C@@H]2CO)n1. The first-order valence-electron chi connectivity index (χ1n) is 16.3. The summed E-state index contributed by atoms with van der Waals surface area (Å²) in [7, 11) is 2.18. The maximum Gasteiger partial charge on any atom is 0.0948 e.